The highest BCUT2D eigenvalue weighted by Crippen LogP contribution is 2.29. The largest absolute Gasteiger partial charge is 0.345 e. The van der Waals surface area contributed by atoms with E-state index in [4.69, 9.17) is 5.73 Å². The Morgan fingerprint density at radius 3 is 2.57 bits per heavy atom. The summed E-state index contributed by atoms with van der Waals surface area (Å²) in [5.41, 5.74) is 6.62. The van der Waals surface area contributed by atoms with E-state index < -0.39 is 5.54 Å². The van der Waals surface area contributed by atoms with E-state index in [0.29, 0.717) is 6.42 Å². The molecule has 1 aromatic rings. The quantitative estimate of drug-likeness (QED) is 0.686. The molecule has 3 heteroatoms. The van der Waals surface area contributed by atoms with Crippen LogP contribution in [-0.4, -0.2) is 11.9 Å². The Morgan fingerprint density at radius 1 is 1.43 bits per heavy atom. The molecular weight excluding hydrogens is 176 g/mol. The van der Waals surface area contributed by atoms with E-state index in [-0.39, 0.29) is 11.9 Å². The Bertz CT molecular complexity index is 350. The van der Waals surface area contributed by atoms with Crippen molar-refractivity contribution >= 4 is 5.91 Å². The van der Waals surface area contributed by atoms with Crippen LogP contribution in [0.3, 0.4) is 0 Å². The Hall–Kier alpha value is -1.35. The van der Waals surface area contributed by atoms with E-state index in [1.165, 1.54) is 0 Å². The number of nitrogens with two attached hydrogens (primary N) is 1. The van der Waals surface area contributed by atoms with Crippen LogP contribution in [0, 0.1) is 0 Å². The van der Waals surface area contributed by atoms with Gasteiger partial charge in [-0.05, 0) is 12.5 Å². The molecule has 1 aromatic carbocycles. The third kappa shape index (κ3) is 1.30. The van der Waals surface area contributed by atoms with Crippen LogP contribution in [0.5, 0.6) is 0 Å². The molecule has 0 bridgehead atoms. The number of amides is 1. The summed E-state index contributed by atoms with van der Waals surface area (Å²) < 4.78 is 0. The van der Waals surface area contributed by atoms with Crippen molar-refractivity contribution in [2.24, 2.45) is 5.73 Å². The molecule has 0 aliphatic carbocycles. The van der Waals surface area contributed by atoms with Crippen molar-refractivity contribution in [2.75, 3.05) is 0 Å². The van der Waals surface area contributed by atoms with Crippen LogP contribution in [0.1, 0.15) is 18.9 Å². The van der Waals surface area contributed by atoms with E-state index in [1.807, 2.05) is 37.3 Å². The van der Waals surface area contributed by atoms with Crippen LogP contribution in [0.2, 0.25) is 0 Å². The molecule has 3 N–H and O–H groups in total. The molecule has 0 radical (unpaired) electrons. The molecule has 0 unspecified atom stereocenters. The molecule has 1 fully saturated rings. The maximum absolute atomic E-state index is 11.3. The van der Waals surface area contributed by atoms with E-state index in [0.717, 1.165) is 5.56 Å². The van der Waals surface area contributed by atoms with Crippen molar-refractivity contribution in [1.29, 1.82) is 0 Å². The first-order valence-corrected chi connectivity index (χ1v) is 4.75. The number of carbonyl (C=O) groups excluding carboxylic acids is 1. The van der Waals surface area contributed by atoms with Crippen molar-refractivity contribution in [3.05, 3.63) is 35.9 Å². The number of hydrogen-bond donors (Lipinski definition) is 2. The Balaban J connectivity index is 2.38. The normalized spacial score (nSPS) is 31.6. The van der Waals surface area contributed by atoms with Crippen molar-refractivity contribution < 1.29 is 4.79 Å². The minimum Gasteiger partial charge on any atom is -0.345 e. The lowest BCUT2D eigenvalue weighted by molar-refractivity contribution is -0.119. The zero-order valence-electron chi connectivity index (χ0n) is 8.16. The molecule has 0 spiro atoms. The third-order valence-electron chi connectivity index (χ3n) is 2.92. The molecule has 1 heterocycles. The monoisotopic (exact) mass is 190 g/mol. The summed E-state index contributed by atoms with van der Waals surface area (Å²) in [7, 11) is 0. The summed E-state index contributed by atoms with van der Waals surface area (Å²) in [4.78, 5) is 11.3. The summed E-state index contributed by atoms with van der Waals surface area (Å²) in [6.45, 7) is 1.97. The standard InChI is InChI=1S/C11H14N2O/c1-11(8-5-3-2-4-6-8)9(12)7-10(14)13-11/h2-6,9H,7,12H2,1H3,(H,13,14)/t9-,11+/m1/s1. The predicted molar refractivity (Wildman–Crippen MR) is 54.5 cm³/mol. The van der Waals surface area contributed by atoms with Crippen LogP contribution >= 0.6 is 0 Å². The first-order valence-electron chi connectivity index (χ1n) is 4.75. The van der Waals surface area contributed by atoms with E-state index in [2.05, 4.69) is 5.32 Å². The lowest BCUT2D eigenvalue weighted by Gasteiger charge is -2.29. The maximum atomic E-state index is 11.3. The topological polar surface area (TPSA) is 55.1 Å². The molecule has 0 saturated carbocycles. The smallest absolute Gasteiger partial charge is 0.222 e. The Morgan fingerprint density at radius 2 is 2.07 bits per heavy atom. The summed E-state index contributed by atoms with van der Waals surface area (Å²) >= 11 is 0. The molecular formula is C11H14N2O. The van der Waals surface area contributed by atoms with Crippen molar-refractivity contribution in [2.45, 2.75) is 24.9 Å². The van der Waals surface area contributed by atoms with Gasteiger partial charge in [-0.1, -0.05) is 30.3 Å². The molecule has 1 aliphatic rings. The number of nitrogens with one attached hydrogen (secondary N) is 1. The molecule has 1 aliphatic heterocycles. The lowest BCUT2D eigenvalue weighted by atomic mass is 9.87. The second-order valence-electron chi connectivity index (χ2n) is 3.93. The SMILES string of the molecule is C[C@@]1(c2ccccc2)NC(=O)C[C@H]1N. The van der Waals surface area contributed by atoms with Gasteiger partial charge in [-0.3, -0.25) is 4.79 Å². The summed E-state index contributed by atoms with van der Waals surface area (Å²) in [5.74, 6) is 0.0313. The van der Waals surface area contributed by atoms with Gasteiger partial charge in [0.15, 0.2) is 0 Å². The van der Waals surface area contributed by atoms with Crippen molar-refractivity contribution in [3.8, 4) is 0 Å². The lowest BCUT2D eigenvalue weighted by Crippen LogP contribution is -2.46. The van der Waals surface area contributed by atoms with Crippen molar-refractivity contribution in [1.82, 2.24) is 5.32 Å². The average Bonchev–Trinajstić information content (AvgIpc) is 2.43. The van der Waals surface area contributed by atoms with Crippen LogP contribution in [0.25, 0.3) is 0 Å². The van der Waals surface area contributed by atoms with Crippen molar-refractivity contribution in [3.63, 3.8) is 0 Å². The highest BCUT2D eigenvalue weighted by molar-refractivity contribution is 5.81. The summed E-state index contributed by atoms with van der Waals surface area (Å²) in [5, 5.41) is 2.93. The van der Waals surface area contributed by atoms with E-state index in [1.54, 1.807) is 0 Å². The fourth-order valence-electron chi connectivity index (χ4n) is 1.91. The molecule has 1 saturated heterocycles. The summed E-state index contributed by atoms with van der Waals surface area (Å²) in [6.07, 6.45) is 0.408. The van der Waals surface area contributed by atoms with E-state index in [9.17, 15) is 4.79 Å². The Kier molecular flexibility index (Phi) is 2.04. The highest BCUT2D eigenvalue weighted by Gasteiger charge is 2.41. The van der Waals surface area contributed by atoms with Gasteiger partial charge in [-0.15, -0.1) is 0 Å². The highest BCUT2D eigenvalue weighted by atomic mass is 16.2. The predicted octanol–water partition coefficient (Wildman–Crippen LogP) is 0.749. The fourth-order valence-corrected chi connectivity index (χ4v) is 1.91. The molecule has 0 aromatic heterocycles. The van der Waals surface area contributed by atoms with Crippen LogP contribution in [0.4, 0.5) is 0 Å². The minimum absolute atomic E-state index is 0.0313. The van der Waals surface area contributed by atoms with E-state index >= 15 is 0 Å². The van der Waals surface area contributed by atoms with Gasteiger partial charge in [0.05, 0.1) is 5.54 Å². The fraction of sp³-hybridized carbons (Fsp3) is 0.364. The maximum Gasteiger partial charge on any atom is 0.222 e. The molecule has 2 atom stereocenters. The number of carbonyl (C=O) groups is 1. The van der Waals surface area contributed by atoms with Crippen LogP contribution < -0.4 is 11.1 Å². The van der Waals surface area contributed by atoms with Gasteiger partial charge < -0.3 is 11.1 Å². The first-order chi connectivity index (χ1) is 6.63. The van der Waals surface area contributed by atoms with Crippen LogP contribution in [-0.2, 0) is 10.3 Å². The number of benzene rings is 1. The Labute approximate surface area is 83.3 Å². The van der Waals surface area contributed by atoms with Gasteiger partial charge in [-0.25, -0.2) is 0 Å². The second-order valence-corrected chi connectivity index (χ2v) is 3.93. The van der Waals surface area contributed by atoms with Gasteiger partial charge in [-0.2, -0.15) is 0 Å². The molecule has 3 nitrogen and oxygen atoms in total. The van der Waals surface area contributed by atoms with Crippen LogP contribution in [0.15, 0.2) is 30.3 Å². The number of rotatable bonds is 1. The molecule has 2 rings (SSSR count). The average molecular weight is 190 g/mol. The van der Waals surface area contributed by atoms with Gasteiger partial charge in [0, 0.05) is 12.5 Å². The molecule has 14 heavy (non-hydrogen) atoms. The van der Waals surface area contributed by atoms with Gasteiger partial charge in [0.1, 0.15) is 0 Å². The number of hydrogen-bond acceptors (Lipinski definition) is 2. The minimum atomic E-state index is -0.404. The third-order valence-corrected chi connectivity index (χ3v) is 2.92. The van der Waals surface area contributed by atoms with Gasteiger partial charge in [0.25, 0.3) is 0 Å². The van der Waals surface area contributed by atoms with Gasteiger partial charge >= 0.3 is 0 Å². The van der Waals surface area contributed by atoms with Gasteiger partial charge in [0.2, 0.25) is 5.91 Å². The second kappa shape index (κ2) is 3.10. The molecule has 74 valence electrons. The zero-order chi connectivity index (χ0) is 10.2. The summed E-state index contributed by atoms with van der Waals surface area (Å²) in [6, 6.07) is 9.71. The first kappa shape index (κ1) is 9.21. The molecule has 1 amide bonds. The zero-order valence-corrected chi connectivity index (χ0v) is 8.16.